The summed E-state index contributed by atoms with van der Waals surface area (Å²) in [6.45, 7) is 3.49. The molecule has 0 saturated carbocycles. The van der Waals surface area contributed by atoms with Crippen LogP contribution in [0.3, 0.4) is 0 Å². The highest BCUT2D eigenvalue weighted by Gasteiger charge is 2.21. The second-order valence-electron chi connectivity index (χ2n) is 6.41. The van der Waals surface area contributed by atoms with E-state index in [4.69, 9.17) is 5.11 Å². The molecule has 1 aromatic heterocycles. The fourth-order valence-electron chi connectivity index (χ4n) is 3.54. The van der Waals surface area contributed by atoms with Gasteiger partial charge >= 0.3 is 6.09 Å². The van der Waals surface area contributed by atoms with Gasteiger partial charge in [0, 0.05) is 49.5 Å². The van der Waals surface area contributed by atoms with E-state index >= 15 is 0 Å². The first kappa shape index (κ1) is 15.7. The topological polar surface area (TPSA) is 48.7 Å². The van der Waals surface area contributed by atoms with Crippen LogP contribution >= 0.6 is 0 Å². The number of amides is 1. The first-order valence-corrected chi connectivity index (χ1v) is 8.57. The summed E-state index contributed by atoms with van der Waals surface area (Å²) in [5.74, 6) is 0. The van der Waals surface area contributed by atoms with E-state index in [1.807, 2.05) is 6.07 Å². The first-order chi connectivity index (χ1) is 12.2. The first-order valence-electron chi connectivity index (χ1n) is 8.57. The highest BCUT2D eigenvalue weighted by Crippen LogP contribution is 2.25. The zero-order chi connectivity index (χ0) is 17.2. The van der Waals surface area contributed by atoms with Crippen molar-refractivity contribution in [3.05, 3.63) is 66.4 Å². The summed E-state index contributed by atoms with van der Waals surface area (Å²) in [4.78, 5) is 14.9. The van der Waals surface area contributed by atoms with Crippen LogP contribution in [0, 0.1) is 0 Å². The van der Waals surface area contributed by atoms with E-state index in [0.29, 0.717) is 13.1 Å². The number of nitrogens with zero attached hydrogens (tertiary/aromatic N) is 3. The van der Waals surface area contributed by atoms with Crippen LogP contribution in [0.2, 0.25) is 0 Å². The predicted molar refractivity (Wildman–Crippen MR) is 98.1 cm³/mol. The van der Waals surface area contributed by atoms with Crippen molar-refractivity contribution in [2.75, 3.05) is 26.2 Å². The molecule has 2 heterocycles. The molecule has 0 radical (unpaired) electrons. The molecule has 0 atom stereocenters. The Morgan fingerprint density at radius 3 is 2.32 bits per heavy atom. The summed E-state index contributed by atoms with van der Waals surface area (Å²) in [5, 5.41) is 10.3. The molecule has 128 valence electrons. The van der Waals surface area contributed by atoms with Crippen molar-refractivity contribution in [2.45, 2.75) is 6.54 Å². The van der Waals surface area contributed by atoms with Crippen LogP contribution in [0.25, 0.3) is 16.6 Å². The summed E-state index contributed by atoms with van der Waals surface area (Å²) in [5.41, 5.74) is 3.59. The molecule has 1 saturated heterocycles. The third-order valence-electron chi connectivity index (χ3n) is 4.83. The zero-order valence-corrected chi connectivity index (χ0v) is 14.0. The fraction of sp³-hybridized carbons (Fsp3) is 0.250. The van der Waals surface area contributed by atoms with Gasteiger partial charge in [0.15, 0.2) is 0 Å². The Morgan fingerprint density at radius 2 is 1.60 bits per heavy atom. The van der Waals surface area contributed by atoms with Crippen molar-refractivity contribution >= 4 is 17.0 Å². The average molecular weight is 335 g/mol. The van der Waals surface area contributed by atoms with Crippen LogP contribution in [-0.2, 0) is 6.54 Å². The number of carboxylic acid groups (broad SMARTS) is 1. The smallest absolute Gasteiger partial charge is 0.407 e. The third kappa shape index (κ3) is 3.10. The van der Waals surface area contributed by atoms with Gasteiger partial charge in [0.2, 0.25) is 0 Å². The third-order valence-corrected chi connectivity index (χ3v) is 4.83. The Morgan fingerprint density at radius 1 is 0.920 bits per heavy atom. The molecule has 0 spiro atoms. The highest BCUT2D eigenvalue weighted by molar-refractivity contribution is 5.83. The van der Waals surface area contributed by atoms with Crippen molar-refractivity contribution in [1.29, 1.82) is 0 Å². The van der Waals surface area contributed by atoms with Crippen LogP contribution in [0.1, 0.15) is 5.69 Å². The van der Waals surface area contributed by atoms with Crippen molar-refractivity contribution in [3.63, 3.8) is 0 Å². The molecule has 1 aliphatic heterocycles. The van der Waals surface area contributed by atoms with Gasteiger partial charge in [-0.05, 0) is 24.3 Å². The molecule has 1 amide bonds. The molecule has 0 unspecified atom stereocenters. The van der Waals surface area contributed by atoms with E-state index in [-0.39, 0.29) is 0 Å². The maximum Gasteiger partial charge on any atom is 0.407 e. The Labute approximate surface area is 146 Å². The van der Waals surface area contributed by atoms with Gasteiger partial charge in [-0.25, -0.2) is 4.79 Å². The molecule has 5 heteroatoms. The molecule has 25 heavy (non-hydrogen) atoms. The van der Waals surface area contributed by atoms with E-state index in [2.05, 4.69) is 64.1 Å². The summed E-state index contributed by atoms with van der Waals surface area (Å²) in [6, 6.07) is 21.0. The normalized spacial score (nSPS) is 15.6. The molecule has 1 fully saturated rings. The Balaban J connectivity index is 1.65. The van der Waals surface area contributed by atoms with E-state index in [1.54, 1.807) is 0 Å². The van der Waals surface area contributed by atoms with Gasteiger partial charge in [0.25, 0.3) is 0 Å². The summed E-state index contributed by atoms with van der Waals surface area (Å²) in [7, 11) is 0. The summed E-state index contributed by atoms with van der Waals surface area (Å²) in [6.07, 6.45) is -0.821. The number of fused-ring (bicyclic) bond motifs is 1. The second kappa shape index (κ2) is 6.61. The average Bonchev–Trinajstić information content (AvgIpc) is 3.00. The molecule has 0 bridgehead atoms. The largest absolute Gasteiger partial charge is 0.465 e. The van der Waals surface area contributed by atoms with Crippen LogP contribution in [-0.4, -0.2) is 51.7 Å². The minimum Gasteiger partial charge on any atom is -0.465 e. The minimum absolute atomic E-state index is 0.570. The van der Waals surface area contributed by atoms with Crippen LogP contribution in [0.4, 0.5) is 4.79 Å². The summed E-state index contributed by atoms with van der Waals surface area (Å²) >= 11 is 0. The van der Waals surface area contributed by atoms with E-state index in [1.165, 1.54) is 21.5 Å². The quantitative estimate of drug-likeness (QED) is 0.798. The molecular formula is C20H21N3O2. The Bertz CT molecular complexity index is 880. The molecule has 2 aromatic carbocycles. The standard InChI is InChI=1S/C20H21N3O2/c24-20(25)22-12-10-21(11-13-22)15-18-14-16-6-4-5-9-19(16)23(18)17-7-2-1-3-8-17/h1-9,14H,10-13,15H2,(H,24,25). The lowest BCUT2D eigenvalue weighted by molar-refractivity contribution is 0.102. The highest BCUT2D eigenvalue weighted by atomic mass is 16.4. The Hall–Kier alpha value is -2.79. The second-order valence-corrected chi connectivity index (χ2v) is 6.41. The number of benzene rings is 2. The maximum atomic E-state index is 11.1. The maximum absolute atomic E-state index is 11.1. The van der Waals surface area contributed by atoms with Crippen molar-refractivity contribution in [3.8, 4) is 5.69 Å². The van der Waals surface area contributed by atoms with Gasteiger partial charge in [-0.3, -0.25) is 4.90 Å². The van der Waals surface area contributed by atoms with Crippen LogP contribution in [0.5, 0.6) is 0 Å². The number of hydrogen-bond donors (Lipinski definition) is 1. The monoisotopic (exact) mass is 335 g/mol. The zero-order valence-electron chi connectivity index (χ0n) is 14.0. The van der Waals surface area contributed by atoms with E-state index in [0.717, 1.165) is 25.3 Å². The van der Waals surface area contributed by atoms with E-state index < -0.39 is 6.09 Å². The number of carbonyl (C=O) groups is 1. The lowest BCUT2D eigenvalue weighted by Gasteiger charge is -2.33. The van der Waals surface area contributed by atoms with Crippen LogP contribution < -0.4 is 0 Å². The molecule has 5 nitrogen and oxygen atoms in total. The number of hydrogen-bond acceptors (Lipinski definition) is 2. The molecule has 3 aromatic rings. The van der Waals surface area contributed by atoms with Gasteiger partial charge in [0.05, 0.1) is 5.52 Å². The molecule has 0 aliphatic carbocycles. The summed E-state index contributed by atoms with van der Waals surface area (Å²) < 4.78 is 2.30. The number of rotatable bonds is 3. The number of piperazine rings is 1. The number of para-hydroxylation sites is 2. The lowest BCUT2D eigenvalue weighted by atomic mass is 10.2. The molecule has 1 aliphatic rings. The lowest BCUT2D eigenvalue weighted by Crippen LogP contribution is -2.47. The van der Waals surface area contributed by atoms with Crippen molar-refractivity contribution in [1.82, 2.24) is 14.4 Å². The molecule has 4 rings (SSSR count). The van der Waals surface area contributed by atoms with Crippen LogP contribution in [0.15, 0.2) is 60.7 Å². The SMILES string of the molecule is O=C(O)N1CCN(Cc2cc3ccccc3n2-c2ccccc2)CC1. The van der Waals surface area contributed by atoms with Gasteiger partial charge < -0.3 is 14.6 Å². The Kier molecular flexibility index (Phi) is 4.15. The van der Waals surface area contributed by atoms with E-state index in [9.17, 15) is 4.79 Å². The van der Waals surface area contributed by atoms with Gasteiger partial charge in [-0.1, -0.05) is 36.4 Å². The predicted octanol–water partition coefficient (Wildman–Crippen LogP) is 3.43. The molecule has 1 N–H and O–H groups in total. The molecular weight excluding hydrogens is 314 g/mol. The van der Waals surface area contributed by atoms with Crippen molar-refractivity contribution < 1.29 is 9.90 Å². The van der Waals surface area contributed by atoms with Gasteiger partial charge in [-0.2, -0.15) is 0 Å². The number of aromatic nitrogens is 1. The van der Waals surface area contributed by atoms with Gasteiger partial charge in [0.1, 0.15) is 0 Å². The van der Waals surface area contributed by atoms with Crippen molar-refractivity contribution in [2.24, 2.45) is 0 Å². The minimum atomic E-state index is -0.821. The fourth-order valence-corrected chi connectivity index (χ4v) is 3.54. The van der Waals surface area contributed by atoms with Gasteiger partial charge in [-0.15, -0.1) is 0 Å².